The van der Waals surface area contributed by atoms with Gasteiger partial charge in [-0.25, -0.2) is 4.39 Å². The van der Waals surface area contributed by atoms with Crippen LogP contribution < -0.4 is 5.32 Å². The van der Waals surface area contributed by atoms with Gasteiger partial charge in [-0.3, -0.25) is 4.79 Å². The molecule has 0 aliphatic carbocycles. The molecule has 0 bridgehead atoms. The molecule has 0 unspecified atom stereocenters. The lowest BCUT2D eigenvalue weighted by atomic mass is 10.2. The second-order valence-electron chi connectivity index (χ2n) is 4.57. The van der Waals surface area contributed by atoms with Crippen molar-refractivity contribution in [3.05, 3.63) is 64.8 Å². The van der Waals surface area contributed by atoms with Crippen LogP contribution in [0.5, 0.6) is 0 Å². The second kappa shape index (κ2) is 5.63. The number of amides is 1. The van der Waals surface area contributed by atoms with E-state index in [-0.39, 0.29) is 18.3 Å². The maximum Gasteiger partial charge on any atom is 0.265 e. The summed E-state index contributed by atoms with van der Waals surface area (Å²) in [6.45, 7) is -0.0855. The van der Waals surface area contributed by atoms with Crippen LogP contribution in [0.4, 0.5) is 10.1 Å². The maximum atomic E-state index is 13.6. The van der Waals surface area contributed by atoms with Crippen LogP contribution in [-0.2, 0) is 6.61 Å². The molecule has 3 rings (SSSR count). The molecule has 2 aromatic carbocycles. The number of nitrogens with one attached hydrogen (secondary N) is 1. The molecule has 0 fully saturated rings. The first-order valence-electron chi connectivity index (χ1n) is 6.36. The van der Waals surface area contributed by atoms with Crippen molar-refractivity contribution in [1.29, 1.82) is 0 Å². The summed E-state index contributed by atoms with van der Waals surface area (Å²) in [7, 11) is 0. The zero-order valence-electron chi connectivity index (χ0n) is 11.0. The van der Waals surface area contributed by atoms with E-state index in [1.807, 2.05) is 0 Å². The Morgan fingerprint density at radius 3 is 2.76 bits per heavy atom. The zero-order valence-corrected chi connectivity index (χ0v) is 11.8. The fourth-order valence-electron chi connectivity index (χ4n) is 2.08. The molecule has 0 spiro atoms. The Morgan fingerprint density at radius 2 is 2.00 bits per heavy atom. The van der Waals surface area contributed by atoms with Gasteiger partial charge in [0, 0.05) is 15.8 Å². The number of carbonyl (C=O) groups is 1. The average molecular weight is 301 g/mol. The number of aliphatic hydroxyl groups excluding tert-OH is 1. The summed E-state index contributed by atoms with van der Waals surface area (Å²) >= 11 is 1.25. The van der Waals surface area contributed by atoms with Gasteiger partial charge in [-0.1, -0.05) is 18.2 Å². The number of hydrogen-bond donors (Lipinski definition) is 2. The predicted octanol–water partition coefficient (Wildman–Crippen LogP) is 3.79. The summed E-state index contributed by atoms with van der Waals surface area (Å²) in [5.74, 6) is -0.615. The van der Waals surface area contributed by atoms with Gasteiger partial charge in [-0.15, -0.1) is 11.3 Å². The van der Waals surface area contributed by atoms with Crippen molar-refractivity contribution in [3.8, 4) is 0 Å². The third kappa shape index (κ3) is 2.79. The van der Waals surface area contributed by atoms with Gasteiger partial charge in [0.1, 0.15) is 5.82 Å². The topological polar surface area (TPSA) is 49.3 Å². The molecule has 3 nitrogen and oxygen atoms in total. The molecule has 1 heterocycles. The fourth-order valence-corrected chi connectivity index (χ4v) is 3.05. The summed E-state index contributed by atoms with van der Waals surface area (Å²) in [6, 6.07) is 13.3. The third-order valence-electron chi connectivity index (χ3n) is 3.10. The smallest absolute Gasteiger partial charge is 0.265 e. The molecular formula is C16H12FNO2S. The van der Waals surface area contributed by atoms with Crippen molar-refractivity contribution in [2.24, 2.45) is 0 Å². The minimum Gasteiger partial charge on any atom is -0.392 e. The van der Waals surface area contributed by atoms with E-state index >= 15 is 0 Å². The van der Waals surface area contributed by atoms with Crippen LogP contribution >= 0.6 is 11.3 Å². The number of hydrogen-bond acceptors (Lipinski definition) is 3. The van der Waals surface area contributed by atoms with Crippen molar-refractivity contribution >= 4 is 33.0 Å². The number of aliphatic hydroxyl groups is 1. The molecule has 0 aliphatic heterocycles. The first kappa shape index (κ1) is 13.7. The van der Waals surface area contributed by atoms with Crippen molar-refractivity contribution in [1.82, 2.24) is 0 Å². The molecule has 3 aromatic rings. The monoisotopic (exact) mass is 301 g/mol. The van der Waals surface area contributed by atoms with E-state index in [0.717, 1.165) is 10.3 Å². The molecule has 0 aliphatic rings. The van der Waals surface area contributed by atoms with Gasteiger partial charge < -0.3 is 10.4 Å². The normalized spacial score (nSPS) is 10.8. The van der Waals surface area contributed by atoms with Crippen LogP contribution in [0.2, 0.25) is 0 Å². The summed E-state index contributed by atoms with van der Waals surface area (Å²) in [6.07, 6.45) is 0. The van der Waals surface area contributed by atoms with Gasteiger partial charge in [0.05, 0.1) is 11.5 Å². The lowest BCUT2D eigenvalue weighted by molar-refractivity contribution is 0.103. The maximum absolute atomic E-state index is 13.6. The minimum absolute atomic E-state index is 0.0855. The molecule has 106 valence electrons. The number of halogens is 1. The lowest BCUT2D eigenvalue weighted by Crippen LogP contribution is -2.10. The van der Waals surface area contributed by atoms with Crippen LogP contribution in [0.15, 0.2) is 48.5 Å². The van der Waals surface area contributed by atoms with Gasteiger partial charge in [-0.2, -0.15) is 0 Å². The Morgan fingerprint density at radius 1 is 1.19 bits per heavy atom. The summed E-state index contributed by atoms with van der Waals surface area (Å²) in [5.41, 5.74) is 1.32. The van der Waals surface area contributed by atoms with Gasteiger partial charge in [0.2, 0.25) is 0 Å². The highest BCUT2D eigenvalue weighted by atomic mass is 32.1. The van der Waals surface area contributed by atoms with E-state index in [4.69, 9.17) is 5.11 Å². The molecule has 1 amide bonds. The number of carbonyl (C=O) groups excluding carboxylic acids is 1. The number of rotatable bonds is 3. The molecule has 0 atom stereocenters. The SMILES string of the molecule is O=C(Nc1cccc(CO)c1)c1cc2c(F)cccc2s1. The number of anilines is 1. The summed E-state index contributed by atoms with van der Waals surface area (Å²) < 4.78 is 14.4. The number of benzene rings is 2. The predicted molar refractivity (Wildman–Crippen MR) is 82.1 cm³/mol. The van der Waals surface area contributed by atoms with E-state index in [0.29, 0.717) is 16.0 Å². The first-order valence-corrected chi connectivity index (χ1v) is 7.18. The van der Waals surface area contributed by atoms with Crippen LogP contribution in [-0.4, -0.2) is 11.0 Å². The Labute approximate surface area is 124 Å². The Kier molecular flexibility index (Phi) is 3.68. The van der Waals surface area contributed by atoms with Crippen molar-refractivity contribution in [3.63, 3.8) is 0 Å². The molecule has 0 saturated heterocycles. The highest BCUT2D eigenvalue weighted by molar-refractivity contribution is 7.20. The van der Waals surface area contributed by atoms with Crippen LogP contribution in [0, 0.1) is 5.82 Å². The van der Waals surface area contributed by atoms with E-state index in [2.05, 4.69) is 5.32 Å². The van der Waals surface area contributed by atoms with Crippen molar-refractivity contribution < 1.29 is 14.3 Å². The molecule has 0 saturated carbocycles. The van der Waals surface area contributed by atoms with Gasteiger partial charge in [0.25, 0.3) is 5.91 Å². The van der Waals surface area contributed by atoms with Crippen LogP contribution in [0.3, 0.4) is 0 Å². The number of thiophene rings is 1. The zero-order chi connectivity index (χ0) is 14.8. The van der Waals surface area contributed by atoms with Gasteiger partial charge >= 0.3 is 0 Å². The summed E-state index contributed by atoms with van der Waals surface area (Å²) in [5, 5.41) is 12.3. The van der Waals surface area contributed by atoms with E-state index < -0.39 is 0 Å². The standard InChI is InChI=1S/C16H12FNO2S/c17-13-5-2-6-14-12(13)8-15(21-14)16(20)18-11-4-1-3-10(7-11)9-19/h1-8,19H,9H2,(H,18,20). The van der Waals surface area contributed by atoms with E-state index in [1.165, 1.54) is 17.4 Å². The Bertz CT molecular complexity index is 813. The van der Waals surface area contributed by atoms with Crippen LogP contribution in [0.25, 0.3) is 10.1 Å². The molecule has 1 aromatic heterocycles. The first-order chi connectivity index (χ1) is 10.2. The average Bonchev–Trinajstić information content (AvgIpc) is 2.93. The molecule has 5 heteroatoms. The van der Waals surface area contributed by atoms with Crippen molar-refractivity contribution in [2.75, 3.05) is 5.32 Å². The number of fused-ring (bicyclic) bond motifs is 1. The quantitative estimate of drug-likeness (QED) is 0.773. The molecule has 2 N–H and O–H groups in total. The van der Waals surface area contributed by atoms with Crippen molar-refractivity contribution in [2.45, 2.75) is 6.61 Å². The third-order valence-corrected chi connectivity index (χ3v) is 4.20. The van der Waals surface area contributed by atoms with E-state index in [9.17, 15) is 9.18 Å². The minimum atomic E-state index is -0.329. The Hall–Kier alpha value is -2.24. The second-order valence-corrected chi connectivity index (χ2v) is 5.66. The Balaban J connectivity index is 1.88. The lowest BCUT2D eigenvalue weighted by Gasteiger charge is -2.04. The van der Waals surface area contributed by atoms with Gasteiger partial charge in [-0.05, 0) is 35.9 Å². The molecular weight excluding hydrogens is 289 g/mol. The summed E-state index contributed by atoms with van der Waals surface area (Å²) in [4.78, 5) is 12.7. The highest BCUT2D eigenvalue weighted by Gasteiger charge is 2.12. The fraction of sp³-hybridized carbons (Fsp3) is 0.0625. The highest BCUT2D eigenvalue weighted by Crippen LogP contribution is 2.28. The van der Waals surface area contributed by atoms with E-state index in [1.54, 1.807) is 42.5 Å². The molecule has 21 heavy (non-hydrogen) atoms. The van der Waals surface area contributed by atoms with Gasteiger partial charge in [0.15, 0.2) is 0 Å². The largest absolute Gasteiger partial charge is 0.392 e. The van der Waals surface area contributed by atoms with Crippen LogP contribution in [0.1, 0.15) is 15.2 Å². The molecule has 0 radical (unpaired) electrons.